The molecule has 0 spiro atoms. The second kappa shape index (κ2) is 5.91. The molecular formula is C18H18N8. The van der Waals surface area contributed by atoms with Crippen LogP contribution in [0.2, 0.25) is 0 Å². The van der Waals surface area contributed by atoms with Crippen LogP contribution in [0, 0.1) is 6.92 Å². The predicted molar refractivity (Wildman–Crippen MR) is 99.5 cm³/mol. The number of nitrogens with zero attached hydrogens (tertiary/aromatic N) is 8. The maximum atomic E-state index is 4.87. The fraction of sp³-hybridized carbons (Fsp3) is 0.278. The van der Waals surface area contributed by atoms with E-state index in [2.05, 4.69) is 49.4 Å². The summed E-state index contributed by atoms with van der Waals surface area (Å²) in [5.41, 5.74) is 3.70. The van der Waals surface area contributed by atoms with Gasteiger partial charge in [-0.1, -0.05) is 12.1 Å². The molecule has 0 amide bonds. The zero-order valence-corrected chi connectivity index (χ0v) is 14.4. The van der Waals surface area contributed by atoms with Gasteiger partial charge in [-0.15, -0.1) is 5.10 Å². The normalized spacial score (nSPS) is 15.1. The van der Waals surface area contributed by atoms with Crippen LogP contribution in [0.4, 0.5) is 11.6 Å². The van der Waals surface area contributed by atoms with E-state index in [-0.39, 0.29) is 0 Å². The van der Waals surface area contributed by atoms with Gasteiger partial charge in [-0.05, 0) is 47.2 Å². The third-order valence-electron chi connectivity index (χ3n) is 4.81. The van der Waals surface area contributed by atoms with Crippen molar-refractivity contribution in [3.05, 3.63) is 48.2 Å². The van der Waals surface area contributed by atoms with Gasteiger partial charge in [-0.2, -0.15) is 4.52 Å². The van der Waals surface area contributed by atoms with Gasteiger partial charge in [0.05, 0.1) is 11.0 Å². The van der Waals surface area contributed by atoms with Crippen molar-refractivity contribution in [2.75, 3.05) is 36.0 Å². The Bertz CT molecular complexity index is 1070. The maximum Gasteiger partial charge on any atom is 0.222 e. The van der Waals surface area contributed by atoms with Gasteiger partial charge in [0.2, 0.25) is 5.65 Å². The fourth-order valence-electron chi connectivity index (χ4n) is 3.45. The van der Waals surface area contributed by atoms with E-state index in [4.69, 9.17) is 4.98 Å². The molecule has 8 heteroatoms. The number of rotatable bonds is 2. The van der Waals surface area contributed by atoms with Crippen molar-refractivity contribution in [3.8, 4) is 0 Å². The minimum atomic E-state index is 0.703. The summed E-state index contributed by atoms with van der Waals surface area (Å²) < 4.78 is 1.79. The summed E-state index contributed by atoms with van der Waals surface area (Å²) in [6, 6.07) is 12.2. The molecule has 1 aliphatic rings. The highest BCUT2D eigenvalue weighted by Gasteiger charge is 2.23. The molecule has 1 saturated heterocycles. The Morgan fingerprint density at radius 2 is 1.81 bits per heavy atom. The molecule has 0 atom stereocenters. The van der Waals surface area contributed by atoms with Gasteiger partial charge in [0.15, 0.2) is 5.82 Å². The molecule has 130 valence electrons. The van der Waals surface area contributed by atoms with Crippen LogP contribution in [0.1, 0.15) is 5.56 Å². The maximum absolute atomic E-state index is 4.87. The lowest BCUT2D eigenvalue weighted by Gasteiger charge is -2.36. The molecule has 1 aromatic carbocycles. The van der Waals surface area contributed by atoms with Crippen molar-refractivity contribution >= 4 is 28.3 Å². The predicted octanol–water partition coefficient (Wildman–Crippen LogP) is 1.70. The summed E-state index contributed by atoms with van der Waals surface area (Å²) in [7, 11) is 0. The van der Waals surface area contributed by atoms with E-state index in [1.54, 1.807) is 4.52 Å². The van der Waals surface area contributed by atoms with E-state index in [1.165, 1.54) is 0 Å². The average molecular weight is 346 g/mol. The second-order valence-electron chi connectivity index (χ2n) is 6.50. The van der Waals surface area contributed by atoms with E-state index in [0.29, 0.717) is 5.65 Å². The highest BCUT2D eigenvalue weighted by molar-refractivity contribution is 5.83. The van der Waals surface area contributed by atoms with Gasteiger partial charge >= 0.3 is 0 Å². The molecule has 4 heterocycles. The van der Waals surface area contributed by atoms with Crippen LogP contribution >= 0.6 is 0 Å². The van der Waals surface area contributed by atoms with Gasteiger partial charge < -0.3 is 9.80 Å². The smallest absolute Gasteiger partial charge is 0.222 e. The van der Waals surface area contributed by atoms with Gasteiger partial charge in [0.1, 0.15) is 5.82 Å². The van der Waals surface area contributed by atoms with E-state index >= 15 is 0 Å². The Labute approximate surface area is 150 Å². The standard InChI is InChI=1S/C18H18N8/c1-13-5-6-14-15(12-13)26-18(21-22-23-26)17(20-14)25-10-8-24(9-11-25)16-4-2-3-7-19-16/h2-7,12H,8-11H2,1H3. The highest BCUT2D eigenvalue weighted by Crippen LogP contribution is 2.24. The summed E-state index contributed by atoms with van der Waals surface area (Å²) in [5.74, 6) is 1.86. The number of tetrazole rings is 1. The Hall–Kier alpha value is -3.29. The number of fused-ring (bicyclic) bond motifs is 3. The number of benzene rings is 1. The minimum absolute atomic E-state index is 0.703. The van der Waals surface area contributed by atoms with Crippen molar-refractivity contribution < 1.29 is 0 Å². The molecule has 0 unspecified atom stereocenters. The minimum Gasteiger partial charge on any atom is -0.353 e. The first-order valence-electron chi connectivity index (χ1n) is 8.69. The number of piperazine rings is 1. The number of aryl methyl sites for hydroxylation is 1. The summed E-state index contributed by atoms with van der Waals surface area (Å²) in [5, 5.41) is 12.3. The molecule has 26 heavy (non-hydrogen) atoms. The lowest BCUT2D eigenvalue weighted by atomic mass is 10.2. The van der Waals surface area contributed by atoms with Crippen LogP contribution in [0.15, 0.2) is 42.6 Å². The van der Waals surface area contributed by atoms with Crippen LogP contribution in [0.5, 0.6) is 0 Å². The lowest BCUT2D eigenvalue weighted by Crippen LogP contribution is -2.47. The topological polar surface area (TPSA) is 75.3 Å². The third-order valence-corrected chi connectivity index (χ3v) is 4.81. The third kappa shape index (κ3) is 2.42. The Kier molecular flexibility index (Phi) is 3.41. The highest BCUT2D eigenvalue weighted by atomic mass is 15.5. The van der Waals surface area contributed by atoms with Crippen LogP contribution in [-0.2, 0) is 0 Å². The second-order valence-corrected chi connectivity index (χ2v) is 6.50. The van der Waals surface area contributed by atoms with E-state index in [9.17, 15) is 0 Å². The largest absolute Gasteiger partial charge is 0.353 e. The first-order chi connectivity index (χ1) is 12.8. The molecule has 8 nitrogen and oxygen atoms in total. The van der Waals surface area contributed by atoms with Crippen molar-refractivity contribution in [1.82, 2.24) is 30.0 Å². The number of aromatic nitrogens is 6. The average Bonchev–Trinajstić information content (AvgIpc) is 3.19. The van der Waals surface area contributed by atoms with E-state index in [0.717, 1.165) is 54.4 Å². The first kappa shape index (κ1) is 15.0. The molecule has 0 N–H and O–H groups in total. The molecule has 0 saturated carbocycles. The van der Waals surface area contributed by atoms with Crippen LogP contribution in [0.25, 0.3) is 16.7 Å². The van der Waals surface area contributed by atoms with Gasteiger partial charge in [0, 0.05) is 32.4 Å². The molecule has 0 aliphatic carbocycles. The number of pyridine rings is 1. The zero-order valence-electron chi connectivity index (χ0n) is 14.4. The Balaban J connectivity index is 1.49. The van der Waals surface area contributed by atoms with Crippen molar-refractivity contribution in [1.29, 1.82) is 0 Å². The molecule has 5 rings (SSSR count). The molecule has 3 aromatic heterocycles. The first-order valence-corrected chi connectivity index (χ1v) is 8.69. The van der Waals surface area contributed by atoms with Crippen molar-refractivity contribution in [2.24, 2.45) is 0 Å². The van der Waals surface area contributed by atoms with Crippen molar-refractivity contribution in [2.45, 2.75) is 6.92 Å². The zero-order chi connectivity index (χ0) is 17.5. The van der Waals surface area contributed by atoms with E-state index in [1.807, 2.05) is 30.5 Å². The Morgan fingerprint density at radius 3 is 2.62 bits per heavy atom. The summed E-state index contributed by atoms with van der Waals surface area (Å²) >= 11 is 0. The molecule has 0 bridgehead atoms. The van der Waals surface area contributed by atoms with Crippen LogP contribution < -0.4 is 9.80 Å². The fourth-order valence-corrected chi connectivity index (χ4v) is 3.45. The number of hydrogen-bond acceptors (Lipinski definition) is 7. The molecule has 0 radical (unpaired) electrons. The molecule has 1 aliphatic heterocycles. The van der Waals surface area contributed by atoms with E-state index < -0.39 is 0 Å². The molecule has 4 aromatic rings. The van der Waals surface area contributed by atoms with Gasteiger partial charge in [0.25, 0.3) is 0 Å². The Morgan fingerprint density at radius 1 is 0.962 bits per heavy atom. The quantitative estimate of drug-likeness (QED) is 0.547. The monoisotopic (exact) mass is 346 g/mol. The van der Waals surface area contributed by atoms with Crippen molar-refractivity contribution in [3.63, 3.8) is 0 Å². The van der Waals surface area contributed by atoms with Crippen LogP contribution in [0.3, 0.4) is 0 Å². The summed E-state index contributed by atoms with van der Waals surface area (Å²) in [6.45, 7) is 5.53. The number of anilines is 2. The van der Waals surface area contributed by atoms with Gasteiger partial charge in [-0.3, -0.25) is 0 Å². The molecular weight excluding hydrogens is 328 g/mol. The summed E-state index contributed by atoms with van der Waals surface area (Å²) in [4.78, 5) is 13.9. The van der Waals surface area contributed by atoms with Crippen LogP contribution in [-0.4, -0.2) is 56.2 Å². The summed E-state index contributed by atoms with van der Waals surface area (Å²) in [6.07, 6.45) is 1.83. The van der Waals surface area contributed by atoms with Gasteiger partial charge in [-0.25, -0.2) is 9.97 Å². The SMILES string of the molecule is Cc1ccc2nc(N3CCN(c4ccccn4)CC3)c3nnnn3c2c1. The number of hydrogen-bond donors (Lipinski definition) is 0. The molecule has 1 fully saturated rings. The lowest BCUT2D eigenvalue weighted by molar-refractivity contribution is 0.642.